The Hall–Kier alpha value is -3.02. The van der Waals surface area contributed by atoms with Crippen molar-refractivity contribution in [3.8, 4) is 17.5 Å². The van der Waals surface area contributed by atoms with Gasteiger partial charge in [0.2, 0.25) is 0 Å². The van der Waals surface area contributed by atoms with E-state index in [4.69, 9.17) is 16.7 Å². The molecule has 0 spiro atoms. The summed E-state index contributed by atoms with van der Waals surface area (Å²) in [6.45, 7) is 0. The molecule has 4 aromatic rings. The molecule has 0 aliphatic carbocycles. The standard InChI is InChI=1S/C21H13ClN2/c22-17-11-13-18(14-12-17)24-21(15-10-16-6-2-1-3-7-16)19-8-4-5-9-20(19)23-24/h1-9,11-14H. The van der Waals surface area contributed by atoms with Crippen molar-refractivity contribution < 1.29 is 0 Å². The Balaban J connectivity index is 1.91. The van der Waals surface area contributed by atoms with Crippen LogP contribution in [0.15, 0.2) is 78.9 Å². The molecule has 3 aromatic carbocycles. The van der Waals surface area contributed by atoms with Crippen LogP contribution in [0, 0.1) is 11.8 Å². The molecule has 0 saturated heterocycles. The summed E-state index contributed by atoms with van der Waals surface area (Å²) in [4.78, 5) is 0. The van der Waals surface area contributed by atoms with Crippen LogP contribution in [0.2, 0.25) is 5.02 Å². The zero-order valence-corrected chi connectivity index (χ0v) is 13.5. The molecule has 0 fully saturated rings. The van der Waals surface area contributed by atoms with Crippen LogP contribution in [0.25, 0.3) is 16.6 Å². The van der Waals surface area contributed by atoms with Crippen molar-refractivity contribution in [2.24, 2.45) is 0 Å². The van der Waals surface area contributed by atoms with Gasteiger partial charge in [-0.25, -0.2) is 4.68 Å². The molecule has 4 rings (SSSR count). The maximum absolute atomic E-state index is 6.00. The average molecular weight is 329 g/mol. The predicted molar refractivity (Wildman–Crippen MR) is 98.5 cm³/mol. The topological polar surface area (TPSA) is 17.8 Å². The van der Waals surface area contributed by atoms with E-state index in [0.29, 0.717) is 5.02 Å². The summed E-state index contributed by atoms with van der Waals surface area (Å²) < 4.78 is 1.87. The number of hydrogen-bond acceptors (Lipinski definition) is 1. The summed E-state index contributed by atoms with van der Waals surface area (Å²) in [5.74, 6) is 6.51. The lowest BCUT2D eigenvalue weighted by Gasteiger charge is -2.03. The molecule has 0 radical (unpaired) electrons. The molecule has 1 heterocycles. The van der Waals surface area contributed by atoms with Crippen molar-refractivity contribution in [2.75, 3.05) is 0 Å². The third kappa shape index (κ3) is 2.78. The van der Waals surface area contributed by atoms with Gasteiger partial charge >= 0.3 is 0 Å². The van der Waals surface area contributed by atoms with E-state index in [1.54, 1.807) is 0 Å². The first-order valence-corrected chi connectivity index (χ1v) is 8.00. The lowest BCUT2D eigenvalue weighted by atomic mass is 10.2. The fourth-order valence-electron chi connectivity index (χ4n) is 2.58. The molecular weight excluding hydrogens is 316 g/mol. The number of halogens is 1. The lowest BCUT2D eigenvalue weighted by Crippen LogP contribution is -1.99. The second-order valence-electron chi connectivity index (χ2n) is 5.37. The first-order chi connectivity index (χ1) is 11.8. The quantitative estimate of drug-likeness (QED) is 0.446. The van der Waals surface area contributed by atoms with Crippen LogP contribution in [-0.2, 0) is 0 Å². The Morgan fingerprint density at radius 2 is 1.46 bits per heavy atom. The molecule has 0 saturated carbocycles. The van der Waals surface area contributed by atoms with E-state index >= 15 is 0 Å². The number of aromatic nitrogens is 2. The zero-order valence-electron chi connectivity index (χ0n) is 12.8. The maximum Gasteiger partial charge on any atom is 0.125 e. The normalized spacial score (nSPS) is 10.4. The zero-order chi connectivity index (χ0) is 16.4. The highest BCUT2D eigenvalue weighted by atomic mass is 35.5. The SMILES string of the molecule is Clc1ccc(-n2nc3ccccc3c2C#Cc2ccccc2)cc1. The second kappa shape index (κ2) is 6.23. The monoisotopic (exact) mass is 328 g/mol. The van der Waals surface area contributed by atoms with Crippen molar-refractivity contribution >= 4 is 22.5 Å². The highest BCUT2D eigenvalue weighted by Gasteiger charge is 2.10. The smallest absolute Gasteiger partial charge is 0.125 e. The summed E-state index contributed by atoms with van der Waals surface area (Å²) in [6, 6.07) is 25.6. The summed E-state index contributed by atoms with van der Waals surface area (Å²) in [5.41, 5.74) is 3.71. The van der Waals surface area contributed by atoms with E-state index in [1.165, 1.54) is 0 Å². The van der Waals surface area contributed by atoms with Crippen molar-refractivity contribution in [3.05, 3.63) is 95.1 Å². The van der Waals surface area contributed by atoms with Crippen molar-refractivity contribution in [1.82, 2.24) is 9.78 Å². The van der Waals surface area contributed by atoms with Gasteiger partial charge in [-0.15, -0.1) is 0 Å². The minimum Gasteiger partial charge on any atom is -0.224 e. The minimum absolute atomic E-state index is 0.701. The van der Waals surface area contributed by atoms with Crippen LogP contribution in [0.4, 0.5) is 0 Å². The third-order valence-corrected chi connectivity index (χ3v) is 4.00. The van der Waals surface area contributed by atoms with Gasteiger partial charge in [0.15, 0.2) is 0 Å². The highest BCUT2D eigenvalue weighted by Crippen LogP contribution is 2.22. The van der Waals surface area contributed by atoms with Gasteiger partial charge in [0.05, 0.1) is 11.2 Å². The van der Waals surface area contributed by atoms with Gasteiger partial charge in [0.25, 0.3) is 0 Å². The predicted octanol–water partition coefficient (Wildman–Crippen LogP) is 5.08. The van der Waals surface area contributed by atoms with Gasteiger partial charge in [-0.05, 0) is 54.5 Å². The van der Waals surface area contributed by atoms with Crippen LogP contribution in [0.5, 0.6) is 0 Å². The van der Waals surface area contributed by atoms with Crippen LogP contribution in [0.3, 0.4) is 0 Å². The van der Waals surface area contributed by atoms with Gasteiger partial charge in [-0.2, -0.15) is 5.10 Å². The van der Waals surface area contributed by atoms with Gasteiger partial charge in [-0.3, -0.25) is 0 Å². The summed E-state index contributed by atoms with van der Waals surface area (Å²) in [6.07, 6.45) is 0. The van der Waals surface area contributed by atoms with E-state index in [-0.39, 0.29) is 0 Å². The Labute approximate surface area is 145 Å². The molecule has 1 aromatic heterocycles. The molecule has 2 nitrogen and oxygen atoms in total. The van der Waals surface area contributed by atoms with Crippen LogP contribution < -0.4 is 0 Å². The van der Waals surface area contributed by atoms with Gasteiger partial charge in [0, 0.05) is 16.0 Å². The van der Waals surface area contributed by atoms with Crippen LogP contribution in [-0.4, -0.2) is 9.78 Å². The number of benzene rings is 3. The van der Waals surface area contributed by atoms with Crippen LogP contribution in [0.1, 0.15) is 11.3 Å². The molecule has 24 heavy (non-hydrogen) atoms. The van der Waals surface area contributed by atoms with E-state index in [0.717, 1.165) is 27.8 Å². The molecule has 114 valence electrons. The second-order valence-corrected chi connectivity index (χ2v) is 5.81. The minimum atomic E-state index is 0.701. The lowest BCUT2D eigenvalue weighted by molar-refractivity contribution is 0.884. The Morgan fingerprint density at radius 3 is 2.25 bits per heavy atom. The van der Waals surface area contributed by atoms with E-state index in [1.807, 2.05) is 83.5 Å². The molecule has 0 atom stereocenters. The Morgan fingerprint density at radius 1 is 0.750 bits per heavy atom. The fraction of sp³-hybridized carbons (Fsp3) is 0. The van der Waals surface area contributed by atoms with E-state index in [9.17, 15) is 0 Å². The molecule has 0 amide bonds. The fourth-order valence-corrected chi connectivity index (χ4v) is 2.70. The summed E-state index contributed by atoms with van der Waals surface area (Å²) >= 11 is 6.00. The first kappa shape index (κ1) is 14.6. The molecule has 0 bridgehead atoms. The van der Waals surface area contributed by atoms with Gasteiger partial charge in [-0.1, -0.05) is 47.9 Å². The van der Waals surface area contributed by atoms with Crippen molar-refractivity contribution in [1.29, 1.82) is 0 Å². The number of hydrogen-bond donors (Lipinski definition) is 0. The van der Waals surface area contributed by atoms with E-state index in [2.05, 4.69) is 11.8 Å². The largest absolute Gasteiger partial charge is 0.224 e. The molecule has 0 unspecified atom stereocenters. The number of rotatable bonds is 1. The molecular formula is C21H13ClN2. The van der Waals surface area contributed by atoms with Crippen LogP contribution >= 0.6 is 11.6 Å². The number of fused-ring (bicyclic) bond motifs is 1. The van der Waals surface area contributed by atoms with E-state index < -0.39 is 0 Å². The van der Waals surface area contributed by atoms with Crippen molar-refractivity contribution in [3.63, 3.8) is 0 Å². The Kier molecular flexibility index (Phi) is 3.78. The van der Waals surface area contributed by atoms with Crippen molar-refractivity contribution in [2.45, 2.75) is 0 Å². The first-order valence-electron chi connectivity index (χ1n) is 7.62. The molecule has 0 aliphatic rings. The third-order valence-electron chi connectivity index (χ3n) is 3.75. The summed E-state index contributed by atoms with van der Waals surface area (Å²) in [5, 5.41) is 6.44. The molecule has 0 aliphatic heterocycles. The molecule has 0 N–H and O–H groups in total. The summed E-state index contributed by atoms with van der Waals surface area (Å²) in [7, 11) is 0. The van der Waals surface area contributed by atoms with Gasteiger partial charge in [0.1, 0.15) is 5.69 Å². The van der Waals surface area contributed by atoms with Gasteiger partial charge < -0.3 is 0 Å². The molecule has 3 heteroatoms. The number of nitrogens with zero attached hydrogens (tertiary/aromatic N) is 2. The Bertz CT molecular complexity index is 1050. The highest BCUT2D eigenvalue weighted by molar-refractivity contribution is 6.30. The average Bonchev–Trinajstić information content (AvgIpc) is 3.00. The maximum atomic E-state index is 6.00.